The molecule has 1 saturated carbocycles. The number of carbonyl (C=O) groups excluding carboxylic acids is 2. The Balaban J connectivity index is 1.95. The molecular formula is C18H20O5. The monoisotopic (exact) mass is 316 g/mol. The van der Waals surface area contributed by atoms with Crippen LogP contribution in [-0.4, -0.2) is 26.2 Å². The highest BCUT2D eigenvalue weighted by Crippen LogP contribution is 2.54. The van der Waals surface area contributed by atoms with Crippen LogP contribution in [0.3, 0.4) is 0 Å². The van der Waals surface area contributed by atoms with Gasteiger partial charge in [0.2, 0.25) is 0 Å². The average Bonchev–Trinajstić information content (AvgIpc) is 3.01. The van der Waals surface area contributed by atoms with Crippen molar-refractivity contribution in [2.24, 2.45) is 17.3 Å². The van der Waals surface area contributed by atoms with Gasteiger partial charge in [-0.3, -0.25) is 9.59 Å². The Hall–Kier alpha value is -2.30. The fourth-order valence-corrected chi connectivity index (χ4v) is 3.84. The van der Waals surface area contributed by atoms with E-state index in [-0.39, 0.29) is 17.9 Å². The molecule has 2 aliphatic rings. The van der Waals surface area contributed by atoms with Crippen molar-refractivity contribution in [2.45, 2.75) is 18.9 Å². The van der Waals surface area contributed by atoms with Gasteiger partial charge in [0.25, 0.3) is 0 Å². The van der Waals surface area contributed by atoms with Crippen LogP contribution in [0.4, 0.5) is 0 Å². The van der Waals surface area contributed by atoms with Crippen LogP contribution in [0.5, 0.6) is 0 Å². The van der Waals surface area contributed by atoms with E-state index < -0.39 is 17.4 Å². The maximum Gasteiger partial charge on any atom is 0.323 e. The maximum absolute atomic E-state index is 12.3. The predicted octanol–water partition coefficient (Wildman–Crippen LogP) is 2.63. The molecule has 5 nitrogen and oxygen atoms in total. The highest BCUT2D eigenvalue weighted by Gasteiger charge is 2.59. The lowest BCUT2D eigenvalue weighted by Gasteiger charge is -2.30. The zero-order chi connectivity index (χ0) is 16.4. The maximum atomic E-state index is 12.3. The SMILES string of the molecule is COC(=O)C1(C(=O)OC)C[C@H]2[C@H](C=CO[C@H]2c2ccccc2)C1. The van der Waals surface area contributed by atoms with Crippen LogP contribution in [0.2, 0.25) is 0 Å². The summed E-state index contributed by atoms with van der Waals surface area (Å²) in [6, 6.07) is 9.85. The topological polar surface area (TPSA) is 61.8 Å². The zero-order valence-electron chi connectivity index (χ0n) is 13.2. The lowest BCUT2D eigenvalue weighted by atomic mass is 9.83. The van der Waals surface area contributed by atoms with Gasteiger partial charge >= 0.3 is 11.9 Å². The first-order valence-electron chi connectivity index (χ1n) is 7.66. The predicted molar refractivity (Wildman–Crippen MR) is 82.1 cm³/mol. The Morgan fingerprint density at radius 1 is 1.09 bits per heavy atom. The summed E-state index contributed by atoms with van der Waals surface area (Å²) in [6.07, 6.45) is 4.17. The Morgan fingerprint density at radius 3 is 2.35 bits per heavy atom. The molecule has 1 heterocycles. The number of hydrogen-bond donors (Lipinski definition) is 0. The Labute approximate surface area is 135 Å². The molecule has 1 aliphatic carbocycles. The standard InChI is InChI=1S/C18H20O5/c1-21-16(19)18(17(20)22-2)10-13-8-9-23-15(14(13)11-18)12-6-4-3-5-7-12/h3-9,13-15H,10-11H2,1-2H3/t13-,14+,15+/m1/s1. The molecule has 23 heavy (non-hydrogen) atoms. The molecule has 1 aromatic carbocycles. The quantitative estimate of drug-likeness (QED) is 0.634. The first-order valence-corrected chi connectivity index (χ1v) is 7.66. The van der Waals surface area contributed by atoms with Crippen molar-refractivity contribution >= 4 is 11.9 Å². The third kappa shape index (κ3) is 2.50. The molecule has 0 radical (unpaired) electrons. The van der Waals surface area contributed by atoms with E-state index in [4.69, 9.17) is 14.2 Å². The molecule has 0 N–H and O–H groups in total. The number of fused-ring (bicyclic) bond motifs is 1. The summed E-state index contributed by atoms with van der Waals surface area (Å²) < 4.78 is 15.6. The summed E-state index contributed by atoms with van der Waals surface area (Å²) in [5, 5.41) is 0. The molecule has 0 spiro atoms. The summed E-state index contributed by atoms with van der Waals surface area (Å²) >= 11 is 0. The largest absolute Gasteiger partial charge is 0.493 e. The molecular weight excluding hydrogens is 296 g/mol. The van der Waals surface area contributed by atoms with E-state index in [1.807, 2.05) is 36.4 Å². The number of hydrogen-bond acceptors (Lipinski definition) is 5. The Kier molecular flexibility index (Phi) is 4.11. The van der Waals surface area contributed by atoms with E-state index in [1.165, 1.54) is 14.2 Å². The van der Waals surface area contributed by atoms with Gasteiger partial charge in [-0.25, -0.2) is 0 Å². The molecule has 1 aliphatic heterocycles. The van der Waals surface area contributed by atoms with Crippen LogP contribution < -0.4 is 0 Å². The van der Waals surface area contributed by atoms with Gasteiger partial charge in [-0.05, 0) is 30.4 Å². The van der Waals surface area contributed by atoms with Crippen LogP contribution in [-0.2, 0) is 23.8 Å². The number of methoxy groups -OCH3 is 2. The van der Waals surface area contributed by atoms with E-state index in [9.17, 15) is 9.59 Å². The van der Waals surface area contributed by atoms with Crippen molar-refractivity contribution in [1.29, 1.82) is 0 Å². The lowest BCUT2D eigenvalue weighted by Crippen LogP contribution is -2.39. The second-order valence-corrected chi connectivity index (χ2v) is 6.10. The number of rotatable bonds is 3. The van der Waals surface area contributed by atoms with Crippen molar-refractivity contribution in [3.63, 3.8) is 0 Å². The van der Waals surface area contributed by atoms with E-state index in [1.54, 1.807) is 6.26 Å². The Morgan fingerprint density at radius 2 is 1.74 bits per heavy atom. The third-order valence-corrected chi connectivity index (χ3v) is 4.94. The van der Waals surface area contributed by atoms with Gasteiger partial charge < -0.3 is 14.2 Å². The van der Waals surface area contributed by atoms with Crippen molar-refractivity contribution < 1.29 is 23.8 Å². The molecule has 3 atom stereocenters. The lowest BCUT2D eigenvalue weighted by molar-refractivity contribution is -0.169. The van der Waals surface area contributed by atoms with Crippen molar-refractivity contribution in [2.75, 3.05) is 14.2 Å². The van der Waals surface area contributed by atoms with Crippen molar-refractivity contribution in [3.05, 3.63) is 48.2 Å². The summed E-state index contributed by atoms with van der Waals surface area (Å²) in [6.45, 7) is 0. The number of ether oxygens (including phenoxy) is 3. The molecule has 3 rings (SSSR count). The zero-order valence-corrected chi connectivity index (χ0v) is 13.2. The molecule has 5 heteroatoms. The van der Waals surface area contributed by atoms with E-state index >= 15 is 0 Å². The van der Waals surface area contributed by atoms with E-state index in [0.29, 0.717) is 12.8 Å². The molecule has 0 aromatic heterocycles. The van der Waals surface area contributed by atoms with Crippen LogP contribution >= 0.6 is 0 Å². The van der Waals surface area contributed by atoms with Crippen LogP contribution in [0.15, 0.2) is 42.7 Å². The number of benzene rings is 1. The first-order chi connectivity index (χ1) is 11.1. The fourth-order valence-electron chi connectivity index (χ4n) is 3.84. The average molecular weight is 316 g/mol. The summed E-state index contributed by atoms with van der Waals surface area (Å²) in [5.74, 6) is -0.953. The van der Waals surface area contributed by atoms with E-state index in [0.717, 1.165) is 5.56 Å². The van der Waals surface area contributed by atoms with Gasteiger partial charge in [0.05, 0.1) is 20.5 Å². The number of esters is 2. The number of carbonyl (C=O) groups is 2. The summed E-state index contributed by atoms with van der Waals surface area (Å²) in [7, 11) is 2.60. The highest BCUT2D eigenvalue weighted by molar-refractivity contribution is 6.00. The minimum absolute atomic E-state index is 0.0283. The molecule has 0 amide bonds. The van der Waals surface area contributed by atoms with Crippen LogP contribution in [0.1, 0.15) is 24.5 Å². The van der Waals surface area contributed by atoms with Crippen molar-refractivity contribution in [3.8, 4) is 0 Å². The highest BCUT2D eigenvalue weighted by atomic mass is 16.5. The van der Waals surface area contributed by atoms with Gasteiger partial charge in [-0.1, -0.05) is 30.3 Å². The van der Waals surface area contributed by atoms with E-state index in [2.05, 4.69) is 0 Å². The summed E-state index contributed by atoms with van der Waals surface area (Å²) in [4.78, 5) is 24.7. The van der Waals surface area contributed by atoms with Crippen LogP contribution in [0, 0.1) is 17.3 Å². The van der Waals surface area contributed by atoms with Gasteiger partial charge in [0.1, 0.15) is 6.10 Å². The number of allylic oxidation sites excluding steroid dienone is 1. The molecule has 1 aromatic rings. The van der Waals surface area contributed by atoms with Gasteiger partial charge in [-0.2, -0.15) is 0 Å². The normalized spacial score (nSPS) is 27.7. The molecule has 0 unspecified atom stereocenters. The van der Waals surface area contributed by atoms with Gasteiger partial charge in [-0.15, -0.1) is 0 Å². The van der Waals surface area contributed by atoms with Gasteiger partial charge in [0, 0.05) is 5.92 Å². The summed E-state index contributed by atoms with van der Waals surface area (Å²) in [5.41, 5.74) is -0.207. The third-order valence-electron chi connectivity index (χ3n) is 4.94. The molecule has 122 valence electrons. The molecule has 0 saturated heterocycles. The Bertz CT molecular complexity index is 606. The molecule has 1 fully saturated rings. The second kappa shape index (κ2) is 6.07. The van der Waals surface area contributed by atoms with Gasteiger partial charge in [0.15, 0.2) is 5.41 Å². The fraction of sp³-hybridized carbons (Fsp3) is 0.444. The van der Waals surface area contributed by atoms with Crippen molar-refractivity contribution in [1.82, 2.24) is 0 Å². The minimum atomic E-state index is -1.25. The van der Waals surface area contributed by atoms with Crippen LogP contribution in [0.25, 0.3) is 0 Å². The minimum Gasteiger partial charge on any atom is -0.493 e. The smallest absolute Gasteiger partial charge is 0.323 e. The first kappa shape index (κ1) is 15.6. The second-order valence-electron chi connectivity index (χ2n) is 6.10. The molecule has 0 bridgehead atoms.